The van der Waals surface area contributed by atoms with E-state index in [2.05, 4.69) is 28.3 Å². The van der Waals surface area contributed by atoms with Gasteiger partial charge in [0.1, 0.15) is 17.0 Å². The van der Waals surface area contributed by atoms with Crippen LogP contribution in [0, 0.1) is 12.8 Å². The number of alkyl halides is 1. The van der Waals surface area contributed by atoms with Crippen molar-refractivity contribution in [1.29, 1.82) is 0 Å². The van der Waals surface area contributed by atoms with E-state index in [-0.39, 0.29) is 0 Å². The van der Waals surface area contributed by atoms with Crippen LogP contribution in [0.1, 0.15) is 24.1 Å². The lowest BCUT2D eigenvalue weighted by atomic mass is 10.1. The third-order valence-electron chi connectivity index (χ3n) is 3.55. The van der Waals surface area contributed by atoms with E-state index < -0.39 is 0 Å². The van der Waals surface area contributed by atoms with Crippen molar-refractivity contribution in [3.8, 4) is 0 Å². The van der Waals surface area contributed by atoms with Gasteiger partial charge in [-0.25, -0.2) is 9.97 Å². The smallest absolute Gasteiger partial charge is 0.138 e. The minimum absolute atomic E-state index is 0.319. The third-order valence-corrected chi connectivity index (χ3v) is 5.08. The first kappa shape index (κ1) is 12.2. The number of halogens is 1. The maximum atomic E-state index is 6.30. The van der Waals surface area contributed by atoms with Gasteiger partial charge in [-0.2, -0.15) is 0 Å². The normalized spacial score (nSPS) is 23.7. The summed E-state index contributed by atoms with van der Waals surface area (Å²) in [6.07, 6.45) is 5.24. The van der Waals surface area contributed by atoms with Gasteiger partial charge >= 0.3 is 0 Å². The van der Waals surface area contributed by atoms with Gasteiger partial charge in [0, 0.05) is 16.8 Å². The number of hydrogen-bond donors (Lipinski definition) is 1. The van der Waals surface area contributed by atoms with Crippen molar-refractivity contribution in [3.63, 3.8) is 0 Å². The SMILES string of the molecule is Cc1cc2c(NCC3CCCC3Cl)ncnc2s1. The Morgan fingerprint density at radius 1 is 1.44 bits per heavy atom. The Bertz CT molecular complexity index is 554. The molecule has 0 aromatic carbocycles. The fourth-order valence-corrected chi connectivity index (χ4v) is 3.78. The molecule has 1 fully saturated rings. The Morgan fingerprint density at radius 3 is 3.11 bits per heavy atom. The van der Waals surface area contributed by atoms with E-state index in [0.717, 1.165) is 29.0 Å². The zero-order valence-corrected chi connectivity index (χ0v) is 11.9. The van der Waals surface area contributed by atoms with Crippen LogP contribution in [0.4, 0.5) is 5.82 Å². The number of aromatic nitrogens is 2. The van der Waals surface area contributed by atoms with E-state index in [4.69, 9.17) is 11.6 Å². The molecule has 1 aliphatic rings. The molecule has 2 atom stereocenters. The molecule has 0 bridgehead atoms. The zero-order valence-electron chi connectivity index (χ0n) is 10.3. The number of hydrogen-bond acceptors (Lipinski definition) is 4. The summed E-state index contributed by atoms with van der Waals surface area (Å²) in [5.74, 6) is 1.51. The molecule has 2 aromatic heterocycles. The van der Waals surface area contributed by atoms with Crippen molar-refractivity contribution in [2.24, 2.45) is 5.92 Å². The summed E-state index contributed by atoms with van der Waals surface area (Å²) in [4.78, 5) is 11.0. The molecule has 3 nitrogen and oxygen atoms in total. The van der Waals surface area contributed by atoms with Crippen molar-refractivity contribution in [2.75, 3.05) is 11.9 Å². The van der Waals surface area contributed by atoms with Crippen molar-refractivity contribution in [3.05, 3.63) is 17.3 Å². The maximum Gasteiger partial charge on any atom is 0.138 e. The highest BCUT2D eigenvalue weighted by molar-refractivity contribution is 7.18. The van der Waals surface area contributed by atoms with E-state index in [1.807, 2.05) is 0 Å². The molecule has 0 amide bonds. The number of thiophene rings is 1. The van der Waals surface area contributed by atoms with Crippen LogP contribution in [0.2, 0.25) is 0 Å². The minimum atomic E-state index is 0.319. The number of aryl methyl sites for hydroxylation is 1. The molecule has 1 N–H and O–H groups in total. The second-order valence-corrected chi connectivity index (χ2v) is 6.68. The van der Waals surface area contributed by atoms with Crippen LogP contribution in [-0.4, -0.2) is 21.9 Å². The van der Waals surface area contributed by atoms with Gasteiger partial charge in [-0.05, 0) is 31.7 Å². The monoisotopic (exact) mass is 281 g/mol. The first-order valence-electron chi connectivity index (χ1n) is 6.33. The molecule has 2 unspecified atom stereocenters. The number of rotatable bonds is 3. The van der Waals surface area contributed by atoms with Gasteiger partial charge in [-0.3, -0.25) is 0 Å². The van der Waals surface area contributed by atoms with E-state index in [0.29, 0.717) is 11.3 Å². The fourth-order valence-electron chi connectivity index (χ4n) is 2.57. The molecule has 0 saturated heterocycles. The number of nitrogens with one attached hydrogen (secondary N) is 1. The average molecular weight is 282 g/mol. The molecule has 0 spiro atoms. The highest BCUT2D eigenvalue weighted by Crippen LogP contribution is 2.31. The fraction of sp³-hybridized carbons (Fsp3) is 0.538. The lowest BCUT2D eigenvalue weighted by Crippen LogP contribution is -2.18. The van der Waals surface area contributed by atoms with E-state index in [9.17, 15) is 0 Å². The topological polar surface area (TPSA) is 37.8 Å². The van der Waals surface area contributed by atoms with Crippen molar-refractivity contribution >= 4 is 39.0 Å². The quantitative estimate of drug-likeness (QED) is 0.869. The standard InChI is InChI=1S/C13H16ClN3S/c1-8-5-10-12(16-7-17-13(10)18-8)15-6-9-3-2-4-11(9)14/h5,7,9,11H,2-4,6H2,1H3,(H,15,16,17). The van der Waals surface area contributed by atoms with Crippen LogP contribution in [0.15, 0.2) is 12.4 Å². The second kappa shape index (κ2) is 5.02. The Kier molecular flexibility index (Phi) is 3.39. The molecule has 96 valence electrons. The Morgan fingerprint density at radius 2 is 2.33 bits per heavy atom. The van der Waals surface area contributed by atoms with Crippen LogP contribution in [-0.2, 0) is 0 Å². The molecule has 18 heavy (non-hydrogen) atoms. The Balaban J connectivity index is 1.78. The Hall–Kier alpha value is -0.870. The van der Waals surface area contributed by atoms with Crippen LogP contribution in [0.3, 0.4) is 0 Å². The summed E-state index contributed by atoms with van der Waals surface area (Å²) < 4.78 is 0. The first-order valence-corrected chi connectivity index (χ1v) is 7.58. The number of fused-ring (bicyclic) bond motifs is 1. The molecular weight excluding hydrogens is 266 g/mol. The van der Waals surface area contributed by atoms with E-state index in [1.54, 1.807) is 17.7 Å². The molecule has 0 radical (unpaired) electrons. The van der Waals surface area contributed by atoms with Crippen LogP contribution in [0.5, 0.6) is 0 Å². The predicted molar refractivity (Wildman–Crippen MR) is 77.6 cm³/mol. The highest BCUT2D eigenvalue weighted by Gasteiger charge is 2.25. The maximum absolute atomic E-state index is 6.30. The van der Waals surface area contributed by atoms with Crippen LogP contribution < -0.4 is 5.32 Å². The molecular formula is C13H16ClN3S. The Labute approximate surface area is 116 Å². The van der Waals surface area contributed by atoms with Gasteiger partial charge in [0.2, 0.25) is 0 Å². The summed E-state index contributed by atoms with van der Waals surface area (Å²) in [6, 6.07) is 2.15. The van der Waals surface area contributed by atoms with Crippen LogP contribution >= 0.6 is 22.9 Å². The van der Waals surface area contributed by atoms with Gasteiger partial charge in [0.25, 0.3) is 0 Å². The first-order chi connectivity index (χ1) is 8.74. The van der Waals surface area contributed by atoms with Gasteiger partial charge in [0.05, 0.1) is 5.39 Å². The average Bonchev–Trinajstić information content (AvgIpc) is 2.91. The summed E-state index contributed by atoms with van der Waals surface area (Å²) >= 11 is 8.00. The molecule has 5 heteroatoms. The van der Waals surface area contributed by atoms with Crippen LogP contribution in [0.25, 0.3) is 10.2 Å². The zero-order chi connectivity index (χ0) is 12.5. The van der Waals surface area contributed by atoms with Crippen molar-refractivity contribution in [2.45, 2.75) is 31.6 Å². The molecule has 0 aliphatic heterocycles. The molecule has 1 aliphatic carbocycles. The van der Waals surface area contributed by atoms with Gasteiger partial charge < -0.3 is 5.32 Å². The van der Waals surface area contributed by atoms with Crippen molar-refractivity contribution in [1.82, 2.24) is 9.97 Å². The second-order valence-electron chi connectivity index (χ2n) is 4.89. The lowest BCUT2D eigenvalue weighted by molar-refractivity contribution is 0.585. The largest absolute Gasteiger partial charge is 0.369 e. The van der Waals surface area contributed by atoms with Gasteiger partial charge in [-0.1, -0.05) is 6.42 Å². The molecule has 1 saturated carbocycles. The summed E-state index contributed by atoms with van der Waals surface area (Å²) in [6.45, 7) is 3.01. The highest BCUT2D eigenvalue weighted by atomic mass is 35.5. The number of anilines is 1. The predicted octanol–water partition coefficient (Wildman–Crippen LogP) is 3.82. The molecule has 3 rings (SSSR count). The van der Waals surface area contributed by atoms with Gasteiger partial charge in [-0.15, -0.1) is 22.9 Å². The van der Waals surface area contributed by atoms with E-state index in [1.165, 1.54) is 17.7 Å². The number of nitrogens with zero attached hydrogens (tertiary/aromatic N) is 2. The molecule has 2 aromatic rings. The van der Waals surface area contributed by atoms with Gasteiger partial charge in [0.15, 0.2) is 0 Å². The lowest BCUT2D eigenvalue weighted by Gasteiger charge is -2.15. The summed E-state index contributed by atoms with van der Waals surface area (Å²) in [5.41, 5.74) is 0. The third kappa shape index (κ3) is 2.31. The summed E-state index contributed by atoms with van der Waals surface area (Å²) in [5, 5.41) is 4.89. The van der Waals surface area contributed by atoms with Crippen molar-refractivity contribution < 1.29 is 0 Å². The minimum Gasteiger partial charge on any atom is -0.369 e. The molecule has 2 heterocycles. The summed E-state index contributed by atoms with van der Waals surface area (Å²) in [7, 11) is 0. The van der Waals surface area contributed by atoms with E-state index >= 15 is 0 Å².